The average Bonchev–Trinajstić information content (AvgIpc) is 2.35. The molecule has 0 spiro atoms. The zero-order valence-corrected chi connectivity index (χ0v) is 9.81. The Balaban J connectivity index is 2.60. The molecule has 0 fully saturated rings. The van der Waals surface area contributed by atoms with E-state index in [2.05, 4.69) is 0 Å². The number of benzene rings is 1. The second kappa shape index (κ2) is 4.33. The largest absolute Gasteiger partial charge is 0.497 e. The molecule has 0 saturated heterocycles. The van der Waals surface area contributed by atoms with E-state index in [0.717, 1.165) is 17.1 Å². The van der Waals surface area contributed by atoms with Crippen molar-refractivity contribution < 1.29 is 4.74 Å². The summed E-state index contributed by atoms with van der Waals surface area (Å²) in [5, 5.41) is 0. The molecule has 0 unspecified atom stereocenters. The number of rotatable bonds is 2. The molecule has 2 rings (SSSR count). The highest BCUT2D eigenvalue weighted by Gasteiger charge is 2.05. The lowest BCUT2D eigenvalue weighted by atomic mass is 10.2. The first-order valence-electron chi connectivity index (χ1n) is 5.26. The van der Waals surface area contributed by atoms with Gasteiger partial charge < -0.3 is 10.5 Å². The Bertz CT molecular complexity index is 585. The number of aromatic nitrogens is 1. The van der Waals surface area contributed by atoms with E-state index in [0.29, 0.717) is 0 Å². The monoisotopic (exact) mass is 230 g/mol. The summed E-state index contributed by atoms with van der Waals surface area (Å²) in [6.45, 7) is 1.87. The van der Waals surface area contributed by atoms with E-state index in [9.17, 15) is 4.79 Å². The van der Waals surface area contributed by atoms with Crippen LogP contribution in [-0.2, 0) is 0 Å². The lowest BCUT2D eigenvalue weighted by Gasteiger charge is -2.11. The van der Waals surface area contributed by atoms with Gasteiger partial charge in [0, 0.05) is 11.4 Å². The molecule has 1 heterocycles. The average molecular weight is 230 g/mol. The van der Waals surface area contributed by atoms with Gasteiger partial charge in [0.25, 0.3) is 5.56 Å². The van der Waals surface area contributed by atoms with E-state index in [1.165, 1.54) is 0 Å². The maximum atomic E-state index is 12.0. The summed E-state index contributed by atoms with van der Waals surface area (Å²) in [5.74, 6) is 0.753. The van der Waals surface area contributed by atoms with Crippen LogP contribution in [0.15, 0.2) is 41.2 Å². The van der Waals surface area contributed by atoms with Gasteiger partial charge in [0.15, 0.2) is 0 Å². The van der Waals surface area contributed by atoms with Crippen LogP contribution in [0.4, 0.5) is 5.69 Å². The van der Waals surface area contributed by atoms with Gasteiger partial charge in [0.1, 0.15) is 5.75 Å². The lowest BCUT2D eigenvalue weighted by molar-refractivity contribution is 0.414. The van der Waals surface area contributed by atoms with E-state index < -0.39 is 0 Å². The van der Waals surface area contributed by atoms with E-state index in [-0.39, 0.29) is 11.2 Å². The zero-order chi connectivity index (χ0) is 12.4. The van der Waals surface area contributed by atoms with Crippen LogP contribution >= 0.6 is 0 Å². The Hall–Kier alpha value is -2.23. The Labute approximate surface area is 99.3 Å². The van der Waals surface area contributed by atoms with Gasteiger partial charge in [-0.05, 0) is 43.3 Å². The molecule has 0 aliphatic carbocycles. The fourth-order valence-corrected chi connectivity index (χ4v) is 1.70. The summed E-state index contributed by atoms with van der Waals surface area (Å²) in [7, 11) is 1.60. The molecule has 0 radical (unpaired) electrons. The second-order valence-electron chi connectivity index (χ2n) is 3.77. The van der Waals surface area contributed by atoms with Gasteiger partial charge in [0.05, 0.1) is 12.8 Å². The molecular weight excluding hydrogens is 216 g/mol. The number of anilines is 1. The summed E-state index contributed by atoms with van der Waals surface area (Å²) in [6, 6.07) is 10.7. The number of nitrogens with two attached hydrogens (primary N) is 1. The van der Waals surface area contributed by atoms with Crippen molar-refractivity contribution in [3.63, 3.8) is 0 Å². The molecule has 17 heavy (non-hydrogen) atoms. The fourth-order valence-electron chi connectivity index (χ4n) is 1.70. The van der Waals surface area contributed by atoms with Crippen LogP contribution in [-0.4, -0.2) is 11.7 Å². The molecule has 0 aliphatic heterocycles. The summed E-state index contributed by atoms with van der Waals surface area (Å²) >= 11 is 0. The summed E-state index contributed by atoms with van der Waals surface area (Å²) in [6.07, 6.45) is 0. The summed E-state index contributed by atoms with van der Waals surface area (Å²) in [4.78, 5) is 12.0. The van der Waals surface area contributed by atoms with E-state index >= 15 is 0 Å². The Morgan fingerprint density at radius 2 is 1.76 bits per heavy atom. The number of ether oxygens (including phenoxy) is 1. The van der Waals surface area contributed by atoms with Gasteiger partial charge in [-0.25, -0.2) is 0 Å². The van der Waals surface area contributed by atoms with Gasteiger partial charge in [-0.3, -0.25) is 9.36 Å². The second-order valence-corrected chi connectivity index (χ2v) is 3.77. The quantitative estimate of drug-likeness (QED) is 0.854. The van der Waals surface area contributed by atoms with Gasteiger partial charge in [-0.2, -0.15) is 0 Å². The van der Waals surface area contributed by atoms with Crippen molar-refractivity contribution in [2.75, 3.05) is 12.8 Å². The fraction of sp³-hybridized carbons (Fsp3) is 0.154. The molecule has 0 saturated carbocycles. The number of hydrogen-bond acceptors (Lipinski definition) is 3. The topological polar surface area (TPSA) is 57.2 Å². The smallest absolute Gasteiger partial charge is 0.278 e. The zero-order valence-electron chi connectivity index (χ0n) is 9.81. The van der Waals surface area contributed by atoms with Gasteiger partial charge in [-0.15, -0.1) is 0 Å². The Morgan fingerprint density at radius 3 is 2.35 bits per heavy atom. The highest BCUT2D eigenvalue weighted by atomic mass is 16.5. The van der Waals surface area contributed by atoms with Gasteiger partial charge in [0.2, 0.25) is 0 Å². The van der Waals surface area contributed by atoms with Gasteiger partial charge in [-0.1, -0.05) is 0 Å². The molecule has 0 atom stereocenters. The standard InChI is InChI=1S/C13H14N2O2/c1-9-3-8-12(14)13(16)15(9)10-4-6-11(17-2)7-5-10/h3-8H,14H2,1-2H3. The normalized spacial score (nSPS) is 10.2. The van der Waals surface area contributed by atoms with Crippen molar-refractivity contribution in [2.24, 2.45) is 0 Å². The van der Waals surface area contributed by atoms with E-state index in [1.807, 2.05) is 37.3 Å². The molecule has 2 N–H and O–H groups in total. The predicted molar refractivity (Wildman–Crippen MR) is 67.7 cm³/mol. The first kappa shape index (κ1) is 11.3. The highest BCUT2D eigenvalue weighted by molar-refractivity contribution is 5.44. The minimum Gasteiger partial charge on any atom is -0.497 e. The van der Waals surface area contributed by atoms with Crippen molar-refractivity contribution in [1.82, 2.24) is 4.57 Å². The molecule has 0 amide bonds. The number of pyridine rings is 1. The third-order valence-electron chi connectivity index (χ3n) is 2.64. The van der Waals surface area contributed by atoms with Crippen molar-refractivity contribution >= 4 is 5.69 Å². The molecular formula is C13H14N2O2. The van der Waals surface area contributed by atoms with Crippen molar-refractivity contribution in [3.8, 4) is 11.4 Å². The third-order valence-corrected chi connectivity index (χ3v) is 2.64. The Morgan fingerprint density at radius 1 is 1.12 bits per heavy atom. The summed E-state index contributed by atoms with van der Waals surface area (Å²) < 4.78 is 6.66. The van der Waals surface area contributed by atoms with E-state index in [4.69, 9.17) is 10.5 Å². The predicted octanol–water partition coefficient (Wildman–Crippen LogP) is 1.74. The molecule has 0 aliphatic rings. The first-order chi connectivity index (χ1) is 8.13. The number of methoxy groups -OCH3 is 1. The van der Waals surface area contributed by atoms with Crippen LogP contribution in [0.3, 0.4) is 0 Å². The van der Waals surface area contributed by atoms with Crippen molar-refractivity contribution in [3.05, 3.63) is 52.4 Å². The summed E-state index contributed by atoms with van der Waals surface area (Å²) in [5.41, 5.74) is 7.29. The first-order valence-corrected chi connectivity index (χ1v) is 5.26. The molecule has 4 heteroatoms. The SMILES string of the molecule is COc1ccc(-n2c(C)ccc(N)c2=O)cc1. The number of nitrogen functional groups attached to an aromatic ring is 1. The molecule has 0 bridgehead atoms. The Kier molecular flexibility index (Phi) is 2.87. The minimum absolute atomic E-state index is 0.199. The highest BCUT2D eigenvalue weighted by Crippen LogP contribution is 2.15. The molecule has 1 aromatic carbocycles. The van der Waals surface area contributed by atoms with Crippen LogP contribution in [0.5, 0.6) is 5.75 Å². The van der Waals surface area contributed by atoms with Crippen LogP contribution in [0.25, 0.3) is 5.69 Å². The van der Waals surface area contributed by atoms with E-state index in [1.54, 1.807) is 17.7 Å². The van der Waals surface area contributed by atoms with Gasteiger partial charge >= 0.3 is 0 Å². The van der Waals surface area contributed by atoms with Crippen LogP contribution < -0.4 is 16.0 Å². The molecule has 88 valence electrons. The third kappa shape index (κ3) is 2.01. The van der Waals surface area contributed by atoms with Crippen LogP contribution in [0.1, 0.15) is 5.69 Å². The maximum absolute atomic E-state index is 12.0. The molecule has 4 nitrogen and oxygen atoms in total. The molecule has 1 aromatic heterocycles. The lowest BCUT2D eigenvalue weighted by Crippen LogP contribution is -2.22. The van der Waals surface area contributed by atoms with Crippen LogP contribution in [0, 0.1) is 6.92 Å². The van der Waals surface area contributed by atoms with Crippen molar-refractivity contribution in [1.29, 1.82) is 0 Å². The number of hydrogen-bond donors (Lipinski definition) is 1. The minimum atomic E-state index is -0.199. The number of nitrogens with zero attached hydrogens (tertiary/aromatic N) is 1. The van der Waals surface area contributed by atoms with Crippen LogP contribution in [0.2, 0.25) is 0 Å². The molecule has 2 aromatic rings. The number of aryl methyl sites for hydroxylation is 1. The van der Waals surface area contributed by atoms with Crippen molar-refractivity contribution in [2.45, 2.75) is 6.92 Å². The maximum Gasteiger partial charge on any atom is 0.278 e.